The van der Waals surface area contributed by atoms with E-state index in [1.54, 1.807) is 34.6 Å². The van der Waals surface area contributed by atoms with E-state index in [2.05, 4.69) is 5.32 Å². The molecule has 1 aromatic carbocycles. The molecule has 1 fully saturated rings. The molecule has 2 heterocycles. The summed E-state index contributed by atoms with van der Waals surface area (Å²) in [6.07, 6.45) is 7.19. The Balaban J connectivity index is 1.72. The molecule has 0 bridgehead atoms. The number of thiophene rings is 1. The van der Waals surface area contributed by atoms with E-state index in [4.69, 9.17) is 4.42 Å². The van der Waals surface area contributed by atoms with Gasteiger partial charge in [-0.3, -0.25) is 14.5 Å². The maximum absolute atomic E-state index is 13.7. The summed E-state index contributed by atoms with van der Waals surface area (Å²) in [6, 6.07) is 12.6. The topological polar surface area (TPSA) is 62.6 Å². The summed E-state index contributed by atoms with van der Waals surface area (Å²) in [5, 5.41) is 5.17. The van der Waals surface area contributed by atoms with Crippen molar-refractivity contribution in [2.45, 2.75) is 64.5 Å². The molecular weight excluding hydrogens is 420 g/mol. The van der Waals surface area contributed by atoms with Gasteiger partial charge in [0.1, 0.15) is 5.76 Å². The Morgan fingerprint density at radius 3 is 2.56 bits per heavy atom. The molecular formula is C26H30N2O3S. The summed E-state index contributed by atoms with van der Waals surface area (Å²) in [5.41, 5.74) is 2.91. The van der Waals surface area contributed by atoms with Gasteiger partial charge in [-0.2, -0.15) is 0 Å². The van der Waals surface area contributed by atoms with Gasteiger partial charge in [0.2, 0.25) is 5.91 Å². The standard InChI is InChI=1S/C26H30N2O3S/c1-18-12-13-21(16-19(18)2)28(24(29)17-22-10-7-15-32-22)25(23-11-6-14-31-23)26(30)27-20-8-4-3-5-9-20/h6-7,10-16,20,25H,3-5,8-9,17H2,1-2H3,(H,27,30). The fourth-order valence-electron chi connectivity index (χ4n) is 4.31. The van der Waals surface area contributed by atoms with Gasteiger partial charge >= 0.3 is 0 Å². The van der Waals surface area contributed by atoms with Crippen molar-refractivity contribution in [2.24, 2.45) is 0 Å². The van der Waals surface area contributed by atoms with E-state index in [1.165, 1.54) is 6.42 Å². The second kappa shape index (κ2) is 10.2. The first-order valence-electron chi connectivity index (χ1n) is 11.3. The minimum Gasteiger partial charge on any atom is -0.467 e. The smallest absolute Gasteiger partial charge is 0.251 e. The number of amides is 2. The lowest BCUT2D eigenvalue weighted by Crippen LogP contribution is -2.47. The van der Waals surface area contributed by atoms with Crippen LogP contribution in [0.15, 0.2) is 58.5 Å². The quantitative estimate of drug-likeness (QED) is 0.500. The highest BCUT2D eigenvalue weighted by Gasteiger charge is 2.36. The number of nitrogens with zero attached hydrogens (tertiary/aromatic N) is 1. The van der Waals surface area contributed by atoms with Gasteiger partial charge in [0, 0.05) is 16.6 Å². The third kappa shape index (κ3) is 5.13. The third-order valence-electron chi connectivity index (χ3n) is 6.21. The molecule has 1 unspecified atom stereocenters. The Kier molecular flexibility index (Phi) is 7.10. The minimum atomic E-state index is -0.860. The summed E-state index contributed by atoms with van der Waals surface area (Å²) in [6.45, 7) is 4.06. The highest BCUT2D eigenvalue weighted by atomic mass is 32.1. The van der Waals surface area contributed by atoms with Crippen molar-refractivity contribution >= 4 is 28.8 Å². The molecule has 2 aromatic heterocycles. The zero-order valence-corrected chi connectivity index (χ0v) is 19.5. The first-order chi connectivity index (χ1) is 15.5. The number of anilines is 1. The van der Waals surface area contributed by atoms with Crippen molar-refractivity contribution in [1.82, 2.24) is 5.32 Å². The molecule has 0 saturated heterocycles. The number of nitrogens with one attached hydrogen (secondary N) is 1. The van der Waals surface area contributed by atoms with Crippen molar-refractivity contribution < 1.29 is 14.0 Å². The van der Waals surface area contributed by atoms with Crippen molar-refractivity contribution in [3.63, 3.8) is 0 Å². The van der Waals surface area contributed by atoms with Gasteiger partial charge in [0.05, 0.1) is 12.7 Å². The molecule has 5 nitrogen and oxygen atoms in total. The molecule has 0 aliphatic heterocycles. The van der Waals surface area contributed by atoms with Gasteiger partial charge in [-0.25, -0.2) is 0 Å². The SMILES string of the molecule is Cc1ccc(N(C(=O)Cc2cccs2)C(C(=O)NC2CCCCC2)c2ccco2)cc1C. The average molecular weight is 451 g/mol. The van der Waals surface area contributed by atoms with Crippen LogP contribution >= 0.6 is 11.3 Å². The second-order valence-corrected chi connectivity index (χ2v) is 9.58. The lowest BCUT2D eigenvalue weighted by Gasteiger charge is -2.32. The summed E-state index contributed by atoms with van der Waals surface area (Å²) < 4.78 is 5.70. The number of rotatable bonds is 7. The van der Waals surface area contributed by atoms with Crippen LogP contribution in [0.4, 0.5) is 5.69 Å². The molecule has 2 amide bonds. The van der Waals surface area contributed by atoms with E-state index in [9.17, 15) is 9.59 Å². The second-order valence-electron chi connectivity index (χ2n) is 8.55. The van der Waals surface area contributed by atoms with Crippen LogP contribution in [0.1, 0.15) is 59.9 Å². The molecule has 1 aliphatic rings. The van der Waals surface area contributed by atoms with Crippen LogP contribution in [0.3, 0.4) is 0 Å². The molecule has 168 valence electrons. The summed E-state index contributed by atoms with van der Waals surface area (Å²) in [4.78, 5) is 29.9. The van der Waals surface area contributed by atoms with Crippen molar-refractivity contribution in [3.05, 3.63) is 75.9 Å². The Labute approximate surface area is 193 Å². The molecule has 32 heavy (non-hydrogen) atoms. The van der Waals surface area contributed by atoms with Gasteiger partial charge in [-0.1, -0.05) is 31.4 Å². The maximum Gasteiger partial charge on any atom is 0.251 e. The number of aryl methyl sites for hydroxylation is 2. The fourth-order valence-corrected chi connectivity index (χ4v) is 5.00. The number of hydrogen-bond acceptors (Lipinski definition) is 4. The first kappa shape index (κ1) is 22.3. The molecule has 0 radical (unpaired) electrons. The minimum absolute atomic E-state index is 0.129. The van der Waals surface area contributed by atoms with E-state index in [-0.39, 0.29) is 24.3 Å². The van der Waals surface area contributed by atoms with E-state index in [0.29, 0.717) is 11.4 Å². The van der Waals surface area contributed by atoms with Crippen LogP contribution in [0.25, 0.3) is 0 Å². The van der Waals surface area contributed by atoms with E-state index in [1.807, 2.05) is 49.6 Å². The monoisotopic (exact) mass is 450 g/mol. The van der Waals surface area contributed by atoms with E-state index < -0.39 is 6.04 Å². The summed E-state index contributed by atoms with van der Waals surface area (Å²) >= 11 is 1.54. The lowest BCUT2D eigenvalue weighted by atomic mass is 9.95. The Hall–Kier alpha value is -2.86. The van der Waals surface area contributed by atoms with Crippen LogP contribution < -0.4 is 10.2 Å². The molecule has 1 atom stereocenters. The molecule has 6 heteroatoms. The molecule has 4 rings (SSSR count). The number of hydrogen-bond donors (Lipinski definition) is 1. The Morgan fingerprint density at radius 2 is 1.91 bits per heavy atom. The van der Waals surface area contributed by atoms with Gasteiger partial charge < -0.3 is 9.73 Å². The number of benzene rings is 1. The number of carbonyl (C=O) groups excluding carboxylic acids is 2. The number of carbonyl (C=O) groups is 2. The van der Waals surface area contributed by atoms with Crippen LogP contribution in [-0.2, 0) is 16.0 Å². The normalized spacial score (nSPS) is 15.3. The lowest BCUT2D eigenvalue weighted by molar-refractivity contribution is -0.127. The highest BCUT2D eigenvalue weighted by Crippen LogP contribution is 2.31. The van der Waals surface area contributed by atoms with Crippen LogP contribution in [0, 0.1) is 13.8 Å². The van der Waals surface area contributed by atoms with Gasteiger partial charge in [0.25, 0.3) is 5.91 Å². The predicted molar refractivity (Wildman–Crippen MR) is 128 cm³/mol. The first-order valence-corrected chi connectivity index (χ1v) is 12.2. The van der Waals surface area contributed by atoms with Gasteiger partial charge in [-0.15, -0.1) is 11.3 Å². The molecule has 1 aliphatic carbocycles. The Morgan fingerprint density at radius 1 is 1.09 bits per heavy atom. The van der Waals surface area contributed by atoms with Crippen LogP contribution in [-0.4, -0.2) is 17.9 Å². The van der Waals surface area contributed by atoms with E-state index in [0.717, 1.165) is 41.7 Å². The van der Waals surface area contributed by atoms with Gasteiger partial charge in [-0.05, 0) is 73.5 Å². The maximum atomic E-state index is 13.7. The fraction of sp³-hybridized carbons (Fsp3) is 0.385. The average Bonchev–Trinajstić information content (AvgIpc) is 3.49. The number of furan rings is 1. The molecule has 1 N–H and O–H groups in total. The Bertz CT molecular complexity index is 1040. The van der Waals surface area contributed by atoms with E-state index >= 15 is 0 Å². The molecule has 1 saturated carbocycles. The highest BCUT2D eigenvalue weighted by molar-refractivity contribution is 7.10. The van der Waals surface area contributed by atoms with Gasteiger partial charge in [0.15, 0.2) is 6.04 Å². The zero-order chi connectivity index (χ0) is 22.5. The van der Waals surface area contributed by atoms with Crippen molar-refractivity contribution in [2.75, 3.05) is 4.90 Å². The molecule has 3 aromatic rings. The molecule has 0 spiro atoms. The van der Waals surface area contributed by atoms with Crippen LogP contribution in [0.2, 0.25) is 0 Å². The summed E-state index contributed by atoms with van der Waals surface area (Å²) in [7, 11) is 0. The summed E-state index contributed by atoms with van der Waals surface area (Å²) in [5.74, 6) is 0.150. The largest absolute Gasteiger partial charge is 0.467 e. The van der Waals surface area contributed by atoms with Crippen molar-refractivity contribution in [3.8, 4) is 0 Å². The third-order valence-corrected chi connectivity index (χ3v) is 7.09. The van der Waals surface area contributed by atoms with Crippen LogP contribution in [0.5, 0.6) is 0 Å². The zero-order valence-electron chi connectivity index (χ0n) is 18.7. The van der Waals surface area contributed by atoms with Crippen molar-refractivity contribution in [1.29, 1.82) is 0 Å². The predicted octanol–water partition coefficient (Wildman–Crippen LogP) is 5.72.